The third-order valence-electron chi connectivity index (χ3n) is 7.36. The molecule has 1 aliphatic heterocycles. The van der Waals surface area contributed by atoms with Gasteiger partial charge >= 0.3 is 0 Å². The van der Waals surface area contributed by atoms with Crippen LogP contribution in [0.5, 0.6) is 17.2 Å². The number of benzene rings is 2. The van der Waals surface area contributed by atoms with Gasteiger partial charge in [0.1, 0.15) is 5.76 Å². The highest BCUT2D eigenvalue weighted by Crippen LogP contribution is 2.50. The van der Waals surface area contributed by atoms with E-state index in [0.29, 0.717) is 41.4 Å². The minimum atomic E-state index is -0.599. The summed E-state index contributed by atoms with van der Waals surface area (Å²) in [5, 5.41) is 6.52. The summed E-state index contributed by atoms with van der Waals surface area (Å²) in [5.74, 6) is 1.87. The molecular weight excluding hydrogens is 510 g/mol. The first-order valence-electron chi connectivity index (χ1n) is 13.2. The second-order valence-corrected chi connectivity index (χ2v) is 10.8. The number of nitrogens with zero attached hydrogens (tertiary/aromatic N) is 1. The van der Waals surface area contributed by atoms with Crippen molar-refractivity contribution in [2.24, 2.45) is 5.41 Å². The molecular formula is C31H35N3O6. The normalized spacial score (nSPS) is 17.8. The Bertz CT molecular complexity index is 1420. The number of methoxy groups -OCH3 is 3. The highest BCUT2D eigenvalue weighted by atomic mass is 16.5. The molecule has 9 nitrogen and oxygen atoms in total. The molecule has 0 saturated carbocycles. The van der Waals surface area contributed by atoms with Gasteiger partial charge in [-0.3, -0.25) is 9.59 Å². The Labute approximate surface area is 234 Å². The monoisotopic (exact) mass is 545 g/mol. The summed E-state index contributed by atoms with van der Waals surface area (Å²) in [7, 11) is 4.67. The summed E-state index contributed by atoms with van der Waals surface area (Å²) in [6.45, 7) is 4.45. The zero-order chi connectivity index (χ0) is 28.4. The van der Waals surface area contributed by atoms with Crippen LogP contribution in [0.2, 0.25) is 0 Å². The second kappa shape index (κ2) is 11.0. The van der Waals surface area contributed by atoms with Crippen molar-refractivity contribution in [3.8, 4) is 17.2 Å². The summed E-state index contributed by atoms with van der Waals surface area (Å²) in [6, 6.07) is 14.5. The third kappa shape index (κ3) is 5.23. The molecule has 2 aliphatic rings. The van der Waals surface area contributed by atoms with Gasteiger partial charge in [-0.15, -0.1) is 0 Å². The lowest BCUT2D eigenvalue weighted by Gasteiger charge is -2.38. The van der Waals surface area contributed by atoms with E-state index < -0.39 is 6.04 Å². The van der Waals surface area contributed by atoms with Crippen LogP contribution >= 0.6 is 0 Å². The Morgan fingerprint density at radius 2 is 1.77 bits per heavy atom. The molecule has 2 aromatic carbocycles. The maximum absolute atomic E-state index is 14.0. The molecule has 2 heterocycles. The van der Waals surface area contributed by atoms with Gasteiger partial charge in [0, 0.05) is 17.7 Å². The number of hydrogen-bond donors (Lipinski definition) is 2. The van der Waals surface area contributed by atoms with Crippen LogP contribution < -0.4 is 29.7 Å². The molecule has 40 heavy (non-hydrogen) atoms. The van der Waals surface area contributed by atoms with Crippen LogP contribution in [0.15, 0.2) is 70.5 Å². The standard InChI is InChI=1S/C31H35N3O6/c1-31(2)15-22-28(24(35)16-31)29(19-13-25(37-3)30(39-5)26(14-19)38-4)34(23-11-7-6-10-21(23)33-22)18-27(36)32-17-20-9-8-12-40-20/h6-14,29,33H,15-18H2,1-5H3,(H,32,36). The number of carbonyl (C=O) groups excluding carboxylic acids is 2. The zero-order valence-electron chi connectivity index (χ0n) is 23.5. The predicted octanol–water partition coefficient (Wildman–Crippen LogP) is 5.24. The predicted molar refractivity (Wildman–Crippen MR) is 152 cm³/mol. The van der Waals surface area contributed by atoms with Gasteiger partial charge in [0.2, 0.25) is 11.7 Å². The summed E-state index contributed by atoms with van der Waals surface area (Å²) in [5.41, 5.74) is 3.64. The van der Waals surface area contributed by atoms with Crippen LogP contribution in [0, 0.1) is 5.41 Å². The molecule has 0 saturated heterocycles. The lowest BCUT2D eigenvalue weighted by atomic mass is 9.73. The van der Waals surface area contributed by atoms with Crippen molar-refractivity contribution in [1.29, 1.82) is 0 Å². The molecule has 2 N–H and O–H groups in total. The number of rotatable bonds is 8. The zero-order valence-corrected chi connectivity index (χ0v) is 23.5. The van der Waals surface area contributed by atoms with Crippen molar-refractivity contribution in [1.82, 2.24) is 5.32 Å². The Morgan fingerprint density at radius 3 is 2.42 bits per heavy atom. The smallest absolute Gasteiger partial charge is 0.239 e. The van der Waals surface area contributed by atoms with Gasteiger partial charge in [-0.05, 0) is 53.8 Å². The maximum atomic E-state index is 14.0. The number of Topliss-reactive ketones (excluding diaryl/α,β-unsaturated/α-hetero) is 1. The van der Waals surface area contributed by atoms with E-state index in [0.717, 1.165) is 22.6 Å². The Morgan fingerprint density at radius 1 is 1.05 bits per heavy atom. The molecule has 5 rings (SSSR count). The Kier molecular flexibility index (Phi) is 7.47. The number of furan rings is 1. The average molecular weight is 546 g/mol. The number of hydrogen-bond acceptors (Lipinski definition) is 8. The number of ether oxygens (including phenoxy) is 3. The van der Waals surface area contributed by atoms with E-state index in [-0.39, 0.29) is 30.2 Å². The summed E-state index contributed by atoms with van der Waals surface area (Å²) in [4.78, 5) is 29.3. The van der Waals surface area contributed by atoms with Crippen LogP contribution in [-0.2, 0) is 16.1 Å². The maximum Gasteiger partial charge on any atom is 0.239 e. The van der Waals surface area contributed by atoms with E-state index in [9.17, 15) is 9.59 Å². The van der Waals surface area contributed by atoms with Crippen LogP contribution in [0.3, 0.4) is 0 Å². The third-order valence-corrected chi connectivity index (χ3v) is 7.36. The van der Waals surface area contributed by atoms with E-state index in [1.54, 1.807) is 33.7 Å². The van der Waals surface area contributed by atoms with Gasteiger partial charge in [-0.25, -0.2) is 0 Å². The molecule has 0 spiro atoms. The molecule has 3 aromatic rings. The van der Waals surface area contributed by atoms with Gasteiger partial charge in [0.15, 0.2) is 17.3 Å². The number of ketones is 1. The minimum absolute atomic E-state index is 0.00577. The molecule has 1 amide bonds. The molecule has 0 bridgehead atoms. The van der Waals surface area contributed by atoms with Crippen molar-refractivity contribution in [2.75, 3.05) is 38.1 Å². The number of para-hydroxylation sites is 2. The lowest BCUT2D eigenvalue weighted by Crippen LogP contribution is -2.41. The van der Waals surface area contributed by atoms with Crippen molar-refractivity contribution in [2.45, 2.75) is 39.3 Å². The van der Waals surface area contributed by atoms with E-state index in [4.69, 9.17) is 18.6 Å². The second-order valence-electron chi connectivity index (χ2n) is 10.8. The van der Waals surface area contributed by atoms with Gasteiger partial charge in [0.25, 0.3) is 0 Å². The molecule has 0 radical (unpaired) electrons. The fraction of sp³-hybridized carbons (Fsp3) is 0.355. The summed E-state index contributed by atoms with van der Waals surface area (Å²) < 4.78 is 22.3. The fourth-order valence-corrected chi connectivity index (χ4v) is 5.64. The summed E-state index contributed by atoms with van der Waals surface area (Å²) in [6.07, 6.45) is 2.65. The summed E-state index contributed by atoms with van der Waals surface area (Å²) >= 11 is 0. The first kappa shape index (κ1) is 27.2. The number of amides is 1. The topological polar surface area (TPSA) is 102 Å². The molecule has 0 fully saturated rings. The van der Waals surface area contributed by atoms with Crippen LogP contribution in [0.25, 0.3) is 0 Å². The molecule has 1 aromatic heterocycles. The largest absolute Gasteiger partial charge is 0.493 e. The van der Waals surface area contributed by atoms with Gasteiger partial charge in [-0.2, -0.15) is 0 Å². The van der Waals surface area contributed by atoms with Gasteiger partial charge in [-0.1, -0.05) is 26.0 Å². The van der Waals surface area contributed by atoms with Crippen LogP contribution in [0.1, 0.15) is 44.1 Å². The first-order valence-corrected chi connectivity index (χ1v) is 13.2. The average Bonchev–Trinajstić information content (AvgIpc) is 3.41. The number of nitrogens with one attached hydrogen (secondary N) is 2. The highest BCUT2D eigenvalue weighted by Gasteiger charge is 2.42. The number of anilines is 2. The van der Waals surface area contributed by atoms with Gasteiger partial charge in [0.05, 0.1) is 58.1 Å². The SMILES string of the molecule is COc1cc(C2C3=C(CC(C)(C)CC3=O)Nc3ccccc3N2CC(=O)NCc2ccco2)cc(OC)c1OC. The van der Waals surface area contributed by atoms with E-state index in [1.165, 1.54) is 0 Å². The number of carbonyl (C=O) groups is 2. The molecule has 9 heteroatoms. The van der Waals surface area contributed by atoms with Crippen molar-refractivity contribution in [3.05, 3.63) is 77.4 Å². The fourth-order valence-electron chi connectivity index (χ4n) is 5.64. The van der Waals surface area contributed by atoms with Crippen molar-refractivity contribution < 1.29 is 28.2 Å². The molecule has 1 atom stereocenters. The Balaban J connectivity index is 1.68. The molecule has 1 unspecified atom stereocenters. The first-order chi connectivity index (χ1) is 19.2. The molecule has 210 valence electrons. The number of fused-ring (bicyclic) bond motifs is 1. The van der Waals surface area contributed by atoms with Crippen molar-refractivity contribution >= 4 is 23.1 Å². The Hall–Kier alpha value is -4.40. The quantitative estimate of drug-likeness (QED) is 0.396. The van der Waals surface area contributed by atoms with E-state index in [1.807, 2.05) is 47.4 Å². The van der Waals surface area contributed by atoms with Crippen molar-refractivity contribution in [3.63, 3.8) is 0 Å². The van der Waals surface area contributed by atoms with Crippen LogP contribution in [0.4, 0.5) is 11.4 Å². The number of allylic oxidation sites excluding steroid dienone is 1. The molecule has 1 aliphatic carbocycles. The van der Waals surface area contributed by atoms with E-state index in [2.05, 4.69) is 24.5 Å². The minimum Gasteiger partial charge on any atom is -0.493 e. The highest BCUT2D eigenvalue weighted by molar-refractivity contribution is 6.02. The van der Waals surface area contributed by atoms with Crippen LogP contribution in [-0.4, -0.2) is 39.6 Å². The lowest BCUT2D eigenvalue weighted by molar-refractivity contribution is -0.121. The van der Waals surface area contributed by atoms with E-state index >= 15 is 0 Å². The van der Waals surface area contributed by atoms with Gasteiger partial charge < -0.3 is 34.2 Å².